The minimum Gasteiger partial charge on any atom is -0.497 e. The van der Waals surface area contributed by atoms with Crippen molar-refractivity contribution in [3.8, 4) is 5.75 Å². The molecule has 0 aliphatic carbocycles. The standard InChI is InChI=1S/C17H16N2O4S2/c1-23-12-5-3-4-11(8-12)9-16(20)19-17-18-14-7-6-13(25(2,21)22)10-15(14)24-17/h3-8,10H,9H2,1-2H3,(H,18,19,20). The maximum absolute atomic E-state index is 12.2. The molecular weight excluding hydrogens is 360 g/mol. The molecule has 3 aromatic rings. The third kappa shape index (κ3) is 4.15. The highest BCUT2D eigenvalue weighted by Gasteiger charge is 2.12. The van der Waals surface area contributed by atoms with Crippen LogP contribution in [0.15, 0.2) is 47.4 Å². The number of thiazole rings is 1. The summed E-state index contributed by atoms with van der Waals surface area (Å²) in [6.07, 6.45) is 1.35. The molecule has 1 amide bonds. The summed E-state index contributed by atoms with van der Waals surface area (Å²) in [5.41, 5.74) is 1.48. The molecule has 0 fully saturated rings. The monoisotopic (exact) mass is 376 g/mol. The second kappa shape index (κ2) is 6.81. The van der Waals surface area contributed by atoms with Gasteiger partial charge < -0.3 is 10.1 Å². The van der Waals surface area contributed by atoms with E-state index in [0.717, 1.165) is 11.8 Å². The number of methoxy groups -OCH3 is 1. The highest BCUT2D eigenvalue weighted by Crippen LogP contribution is 2.28. The summed E-state index contributed by atoms with van der Waals surface area (Å²) >= 11 is 1.24. The van der Waals surface area contributed by atoms with Crippen LogP contribution in [-0.4, -0.2) is 32.7 Å². The average molecular weight is 376 g/mol. The van der Waals surface area contributed by atoms with Crippen molar-refractivity contribution >= 4 is 42.4 Å². The zero-order chi connectivity index (χ0) is 18.0. The zero-order valence-corrected chi connectivity index (χ0v) is 15.3. The van der Waals surface area contributed by atoms with Gasteiger partial charge in [-0.1, -0.05) is 23.5 Å². The van der Waals surface area contributed by atoms with Gasteiger partial charge in [-0.05, 0) is 35.9 Å². The van der Waals surface area contributed by atoms with E-state index in [1.54, 1.807) is 25.3 Å². The molecule has 0 saturated heterocycles. The first-order valence-electron chi connectivity index (χ1n) is 7.38. The van der Waals surface area contributed by atoms with Crippen molar-refractivity contribution in [3.05, 3.63) is 48.0 Å². The first-order chi connectivity index (χ1) is 11.8. The van der Waals surface area contributed by atoms with Gasteiger partial charge in [-0.3, -0.25) is 4.79 Å². The van der Waals surface area contributed by atoms with Crippen LogP contribution in [0, 0.1) is 0 Å². The van der Waals surface area contributed by atoms with Crippen molar-refractivity contribution in [3.63, 3.8) is 0 Å². The predicted molar refractivity (Wildman–Crippen MR) is 98.1 cm³/mol. The zero-order valence-electron chi connectivity index (χ0n) is 13.6. The van der Waals surface area contributed by atoms with Gasteiger partial charge in [-0.25, -0.2) is 13.4 Å². The van der Waals surface area contributed by atoms with Crippen LogP contribution in [-0.2, 0) is 21.1 Å². The molecule has 1 heterocycles. The van der Waals surface area contributed by atoms with Gasteiger partial charge in [0.2, 0.25) is 5.91 Å². The SMILES string of the molecule is COc1cccc(CC(=O)Nc2nc3ccc(S(C)(=O)=O)cc3s2)c1. The predicted octanol–water partition coefficient (Wildman–Crippen LogP) is 2.89. The highest BCUT2D eigenvalue weighted by atomic mass is 32.2. The molecule has 0 unspecified atom stereocenters. The van der Waals surface area contributed by atoms with Gasteiger partial charge in [0.15, 0.2) is 15.0 Å². The average Bonchev–Trinajstić information content (AvgIpc) is 2.95. The Bertz CT molecular complexity index is 1040. The molecule has 0 bridgehead atoms. The Kier molecular flexibility index (Phi) is 4.73. The van der Waals surface area contributed by atoms with E-state index >= 15 is 0 Å². The van der Waals surface area contributed by atoms with Crippen molar-refractivity contribution in [1.29, 1.82) is 0 Å². The van der Waals surface area contributed by atoms with E-state index in [4.69, 9.17) is 4.74 Å². The Morgan fingerprint density at radius 3 is 2.76 bits per heavy atom. The maximum atomic E-state index is 12.2. The van der Waals surface area contributed by atoms with E-state index in [1.165, 1.54) is 17.4 Å². The summed E-state index contributed by atoms with van der Waals surface area (Å²) in [5, 5.41) is 3.19. The lowest BCUT2D eigenvalue weighted by Crippen LogP contribution is -2.14. The molecule has 0 spiro atoms. The number of anilines is 1. The van der Waals surface area contributed by atoms with Crippen LogP contribution in [0.5, 0.6) is 5.75 Å². The Balaban J connectivity index is 1.77. The van der Waals surface area contributed by atoms with Gasteiger partial charge in [-0.2, -0.15) is 0 Å². The molecule has 6 nitrogen and oxygen atoms in total. The van der Waals surface area contributed by atoms with E-state index in [2.05, 4.69) is 10.3 Å². The number of hydrogen-bond donors (Lipinski definition) is 1. The Labute approximate surface area is 149 Å². The summed E-state index contributed by atoms with van der Waals surface area (Å²) in [7, 11) is -1.70. The number of sulfone groups is 1. The van der Waals surface area contributed by atoms with E-state index in [9.17, 15) is 13.2 Å². The lowest BCUT2D eigenvalue weighted by molar-refractivity contribution is -0.115. The van der Waals surface area contributed by atoms with Gasteiger partial charge in [0.05, 0.1) is 28.6 Å². The maximum Gasteiger partial charge on any atom is 0.230 e. The van der Waals surface area contributed by atoms with E-state index < -0.39 is 9.84 Å². The lowest BCUT2D eigenvalue weighted by atomic mass is 10.1. The molecule has 3 rings (SSSR count). The summed E-state index contributed by atoms with van der Waals surface area (Å²) in [6, 6.07) is 12.0. The number of rotatable bonds is 5. The van der Waals surface area contributed by atoms with E-state index in [0.29, 0.717) is 21.1 Å². The third-order valence-electron chi connectivity index (χ3n) is 3.53. The van der Waals surface area contributed by atoms with Gasteiger partial charge in [-0.15, -0.1) is 0 Å². The van der Waals surface area contributed by atoms with Gasteiger partial charge in [0.25, 0.3) is 0 Å². The number of benzene rings is 2. The van der Waals surface area contributed by atoms with Gasteiger partial charge in [0.1, 0.15) is 5.75 Å². The van der Waals surface area contributed by atoms with Crippen molar-refractivity contribution in [1.82, 2.24) is 4.98 Å². The molecular formula is C17H16N2O4S2. The summed E-state index contributed by atoms with van der Waals surface area (Å²) < 4.78 is 29.1. The second-order valence-electron chi connectivity index (χ2n) is 5.50. The van der Waals surface area contributed by atoms with Gasteiger partial charge in [0, 0.05) is 6.26 Å². The molecule has 0 aliphatic heterocycles. The minimum absolute atomic E-state index is 0.196. The molecule has 25 heavy (non-hydrogen) atoms. The number of nitrogens with zero attached hydrogens (tertiary/aromatic N) is 1. The molecule has 1 N–H and O–H groups in total. The summed E-state index contributed by atoms with van der Waals surface area (Å²) in [5.74, 6) is 0.495. The second-order valence-corrected chi connectivity index (χ2v) is 8.54. The quantitative estimate of drug-likeness (QED) is 0.740. The molecule has 0 saturated carbocycles. The van der Waals surface area contributed by atoms with Crippen LogP contribution in [0.25, 0.3) is 10.2 Å². The fourth-order valence-electron chi connectivity index (χ4n) is 2.32. The topological polar surface area (TPSA) is 85.4 Å². The highest BCUT2D eigenvalue weighted by molar-refractivity contribution is 7.90. The molecule has 8 heteroatoms. The number of amides is 1. The smallest absolute Gasteiger partial charge is 0.230 e. The van der Waals surface area contributed by atoms with Crippen LogP contribution >= 0.6 is 11.3 Å². The Morgan fingerprint density at radius 1 is 1.24 bits per heavy atom. The number of hydrogen-bond acceptors (Lipinski definition) is 6. The molecule has 0 aliphatic rings. The number of carbonyl (C=O) groups is 1. The summed E-state index contributed by atoms with van der Waals surface area (Å²) in [6.45, 7) is 0. The number of carbonyl (C=O) groups excluding carboxylic acids is 1. The normalized spacial score (nSPS) is 11.4. The molecule has 1 aromatic heterocycles. The fraction of sp³-hybridized carbons (Fsp3) is 0.176. The van der Waals surface area contributed by atoms with E-state index in [1.807, 2.05) is 18.2 Å². The van der Waals surface area contributed by atoms with Crippen molar-refractivity contribution in [2.45, 2.75) is 11.3 Å². The molecule has 0 radical (unpaired) electrons. The van der Waals surface area contributed by atoms with Crippen LogP contribution in [0.4, 0.5) is 5.13 Å². The molecule has 130 valence electrons. The lowest BCUT2D eigenvalue weighted by Gasteiger charge is -2.04. The fourth-order valence-corrected chi connectivity index (χ4v) is 3.96. The molecule has 0 atom stereocenters. The Hall–Kier alpha value is -2.45. The number of fused-ring (bicyclic) bond motifs is 1. The largest absolute Gasteiger partial charge is 0.497 e. The number of nitrogens with one attached hydrogen (secondary N) is 1. The number of ether oxygens (including phenoxy) is 1. The first kappa shape index (κ1) is 17.4. The van der Waals surface area contributed by atoms with Crippen LogP contribution in [0.1, 0.15) is 5.56 Å². The van der Waals surface area contributed by atoms with Crippen LogP contribution in [0.3, 0.4) is 0 Å². The van der Waals surface area contributed by atoms with E-state index in [-0.39, 0.29) is 17.2 Å². The minimum atomic E-state index is -3.28. The summed E-state index contributed by atoms with van der Waals surface area (Å²) in [4.78, 5) is 16.8. The van der Waals surface area contributed by atoms with Gasteiger partial charge >= 0.3 is 0 Å². The molecule has 2 aromatic carbocycles. The first-order valence-corrected chi connectivity index (χ1v) is 10.1. The van der Waals surface area contributed by atoms with Crippen LogP contribution < -0.4 is 10.1 Å². The number of aromatic nitrogens is 1. The van der Waals surface area contributed by atoms with Crippen molar-refractivity contribution in [2.24, 2.45) is 0 Å². The Morgan fingerprint density at radius 2 is 2.04 bits per heavy atom. The van der Waals surface area contributed by atoms with Crippen molar-refractivity contribution in [2.75, 3.05) is 18.7 Å². The van der Waals surface area contributed by atoms with Crippen molar-refractivity contribution < 1.29 is 17.9 Å². The van der Waals surface area contributed by atoms with Crippen LogP contribution in [0.2, 0.25) is 0 Å². The third-order valence-corrected chi connectivity index (χ3v) is 5.58.